The van der Waals surface area contributed by atoms with Crippen LogP contribution in [0.4, 0.5) is 11.9 Å². The first kappa shape index (κ1) is 16.4. The maximum Gasteiger partial charge on any atom is 0.323 e. The van der Waals surface area contributed by atoms with E-state index in [2.05, 4.69) is 39.4 Å². The van der Waals surface area contributed by atoms with Gasteiger partial charge in [-0.05, 0) is 19.3 Å². The average Bonchev–Trinajstić information content (AvgIpc) is 2.42. The predicted octanol–water partition coefficient (Wildman–Crippen LogP) is 1.79. The van der Waals surface area contributed by atoms with Crippen LogP contribution in [0.5, 0.6) is 6.01 Å². The van der Waals surface area contributed by atoms with Gasteiger partial charge in [-0.2, -0.15) is 15.0 Å². The first-order valence-electron chi connectivity index (χ1n) is 7.04. The lowest BCUT2D eigenvalue weighted by atomic mass is 10.2. The van der Waals surface area contributed by atoms with Gasteiger partial charge in [0.25, 0.3) is 0 Å². The van der Waals surface area contributed by atoms with Crippen LogP contribution >= 0.6 is 0 Å². The maximum absolute atomic E-state index is 5.51. The number of hydrogen-bond acceptors (Lipinski definition) is 7. The molecule has 1 aromatic heterocycles. The van der Waals surface area contributed by atoms with Crippen LogP contribution in [-0.2, 0) is 4.74 Å². The molecular formula is C13H25N5O2. The zero-order valence-electron chi connectivity index (χ0n) is 12.8. The van der Waals surface area contributed by atoms with Crippen LogP contribution in [0.1, 0.15) is 27.2 Å². The predicted molar refractivity (Wildman–Crippen MR) is 79.3 cm³/mol. The summed E-state index contributed by atoms with van der Waals surface area (Å²) in [5.74, 6) is 1.57. The lowest BCUT2D eigenvalue weighted by Gasteiger charge is -2.09. The topological polar surface area (TPSA) is 81.2 Å². The fourth-order valence-electron chi connectivity index (χ4n) is 1.43. The summed E-state index contributed by atoms with van der Waals surface area (Å²) >= 11 is 0. The quantitative estimate of drug-likeness (QED) is 0.633. The van der Waals surface area contributed by atoms with E-state index in [0.717, 1.165) is 26.2 Å². The molecule has 20 heavy (non-hydrogen) atoms. The molecule has 0 aliphatic carbocycles. The van der Waals surface area contributed by atoms with Crippen LogP contribution in [0.3, 0.4) is 0 Å². The zero-order valence-corrected chi connectivity index (χ0v) is 12.8. The summed E-state index contributed by atoms with van der Waals surface area (Å²) in [6.45, 7) is 8.96. The molecule has 0 unspecified atom stereocenters. The molecule has 7 nitrogen and oxygen atoms in total. The Kier molecular flexibility index (Phi) is 7.64. The molecule has 0 radical (unpaired) electrons. The number of anilines is 2. The smallest absolute Gasteiger partial charge is 0.323 e. The molecule has 0 aromatic carbocycles. The summed E-state index contributed by atoms with van der Waals surface area (Å²) < 4.78 is 10.8. The van der Waals surface area contributed by atoms with Crippen LogP contribution in [0.15, 0.2) is 0 Å². The van der Waals surface area contributed by atoms with E-state index in [4.69, 9.17) is 9.47 Å². The van der Waals surface area contributed by atoms with Crippen molar-refractivity contribution < 1.29 is 9.47 Å². The minimum absolute atomic E-state index is 0.324. The molecule has 1 aromatic rings. The summed E-state index contributed by atoms with van der Waals surface area (Å²) in [6, 6.07) is 0.324. The summed E-state index contributed by atoms with van der Waals surface area (Å²) in [6.07, 6.45) is 0.900. The van der Waals surface area contributed by atoms with E-state index in [1.54, 1.807) is 7.05 Å². The number of aromatic nitrogens is 3. The molecular weight excluding hydrogens is 258 g/mol. The highest BCUT2D eigenvalue weighted by atomic mass is 16.5. The zero-order chi connectivity index (χ0) is 14.8. The van der Waals surface area contributed by atoms with Crippen LogP contribution < -0.4 is 15.4 Å². The Labute approximate surface area is 120 Å². The Morgan fingerprint density at radius 3 is 2.55 bits per heavy atom. The second kappa shape index (κ2) is 9.30. The van der Waals surface area contributed by atoms with Gasteiger partial charge in [-0.3, -0.25) is 0 Å². The van der Waals surface area contributed by atoms with E-state index >= 15 is 0 Å². The Hall–Kier alpha value is -1.63. The molecule has 0 saturated heterocycles. The third-order valence-corrected chi connectivity index (χ3v) is 2.31. The van der Waals surface area contributed by atoms with Crippen LogP contribution in [-0.4, -0.2) is 48.4 Å². The summed E-state index contributed by atoms with van der Waals surface area (Å²) in [5, 5.41) is 6.03. The highest BCUT2D eigenvalue weighted by Gasteiger charge is 2.05. The molecule has 1 rings (SSSR count). The van der Waals surface area contributed by atoms with Crippen molar-refractivity contribution in [1.29, 1.82) is 0 Å². The van der Waals surface area contributed by atoms with Crippen LogP contribution in [0, 0.1) is 5.92 Å². The Bertz CT molecular complexity index is 387. The Morgan fingerprint density at radius 1 is 1.15 bits per heavy atom. The van der Waals surface area contributed by atoms with Crippen molar-refractivity contribution >= 4 is 11.9 Å². The molecule has 0 aliphatic rings. The number of hydrogen-bond donors (Lipinski definition) is 2. The largest absolute Gasteiger partial charge is 0.464 e. The minimum Gasteiger partial charge on any atom is -0.464 e. The van der Waals surface area contributed by atoms with E-state index in [1.807, 2.05) is 6.92 Å². The van der Waals surface area contributed by atoms with E-state index in [1.165, 1.54) is 0 Å². The van der Waals surface area contributed by atoms with Crippen molar-refractivity contribution in [2.24, 2.45) is 5.92 Å². The van der Waals surface area contributed by atoms with Gasteiger partial charge in [0.1, 0.15) is 0 Å². The van der Waals surface area contributed by atoms with Gasteiger partial charge in [0.05, 0.1) is 6.61 Å². The van der Waals surface area contributed by atoms with Gasteiger partial charge in [0, 0.05) is 26.8 Å². The minimum atomic E-state index is 0.324. The van der Waals surface area contributed by atoms with Gasteiger partial charge in [-0.1, -0.05) is 13.8 Å². The van der Waals surface area contributed by atoms with E-state index < -0.39 is 0 Å². The van der Waals surface area contributed by atoms with Crippen molar-refractivity contribution in [3.63, 3.8) is 0 Å². The van der Waals surface area contributed by atoms with Crippen molar-refractivity contribution in [2.75, 3.05) is 44.0 Å². The lowest BCUT2D eigenvalue weighted by Crippen LogP contribution is -2.12. The van der Waals surface area contributed by atoms with Gasteiger partial charge in [-0.15, -0.1) is 0 Å². The summed E-state index contributed by atoms with van der Waals surface area (Å²) in [4.78, 5) is 12.5. The maximum atomic E-state index is 5.51. The van der Waals surface area contributed by atoms with E-state index in [-0.39, 0.29) is 0 Å². The molecule has 7 heteroatoms. The second-order valence-corrected chi connectivity index (χ2v) is 4.70. The molecule has 1 heterocycles. The molecule has 0 aliphatic heterocycles. The Morgan fingerprint density at radius 2 is 1.90 bits per heavy atom. The van der Waals surface area contributed by atoms with Crippen LogP contribution in [0.25, 0.3) is 0 Å². The number of ether oxygens (including phenoxy) is 2. The molecule has 0 bridgehead atoms. The molecule has 0 spiro atoms. The van der Waals surface area contributed by atoms with Gasteiger partial charge in [0.15, 0.2) is 0 Å². The standard InChI is InChI=1S/C13H25N5O2/c1-5-20-13-17-11(14-4)16-12(18-13)15-7-6-8-19-9-10(2)3/h10H,5-9H2,1-4H3,(H2,14,15,16,17,18). The van der Waals surface area contributed by atoms with Crippen LogP contribution in [0.2, 0.25) is 0 Å². The number of nitrogens with one attached hydrogen (secondary N) is 2. The normalized spacial score (nSPS) is 10.7. The SMILES string of the molecule is CCOc1nc(NC)nc(NCCCOCC(C)C)n1. The molecule has 0 amide bonds. The van der Waals surface area contributed by atoms with Gasteiger partial charge in [0.2, 0.25) is 11.9 Å². The van der Waals surface area contributed by atoms with Crippen molar-refractivity contribution in [3.05, 3.63) is 0 Å². The van der Waals surface area contributed by atoms with Gasteiger partial charge < -0.3 is 20.1 Å². The molecule has 0 fully saturated rings. The summed E-state index contributed by atoms with van der Waals surface area (Å²) in [5.41, 5.74) is 0. The number of nitrogens with zero attached hydrogens (tertiary/aromatic N) is 3. The van der Waals surface area contributed by atoms with E-state index in [9.17, 15) is 0 Å². The first-order valence-corrected chi connectivity index (χ1v) is 7.04. The van der Waals surface area contributed by atoms with Crippen molar-refractivity contribution in [1.82, 2.24) is 15.0 Å². The lowest BCUT2D eigenvalue weighted by molar-refractivity contribution is 0.110. The third-order valence-electron chi connectivity index (χ3n) is 2.31. The van der Waals surface area contributed by atoms with Gasteiger partial charge >= 0.3 is 6.01 Å². The number of rotatable bonds is 10. The first-order chi connectivity index (χ1) is 9.65. The average molecular weight is 283 g/mol. The fourth-order valence-corrected chi connectivity index (χ4v) is 1.43. The second-order valence-electron chi connectivity index (χ2n) is 4.70. The highest BCUT2D eigenvalue weighted by Crippen LogP contribution is 2.10. The fraction of sp³-hybridized carbons (Fsp3) is 0.769. The molecule has 114 valence electrons. The Balaban J connectivity index is 2.36. The van der Waals surface area contributed by atoms with E-state index in [0.29, 0.717) is 30.4 Å². The molecule has 0 atom stereocenters. The third kappa shape index (κ3) is 6.51. The molecule has 0 saturated carbocycles. The van der Waals surface area contributed by atoms with Crippen molar-refractivity contribution in [2.45, 2.75) is 27.2 Å². The van der Waals surface area contributed by atoms with Gasteiger partial charge in [-0.25, -0.2) is 0 Å². The monoisotopic (exact) mass is 283 g/mol. The van der Waals surface area contributed by atoms with Crippen molar-refractivity contribution in [3.8, 4) is 6.01 Å². The highest BCUT2D eigenvalue weighted by molar-refractivity contribution is 5.35. The molecule has 2 N–H and O–H groups in total. The summed E-state index contributed by atoms with van der Waals surface area (Å²) in [7, 11) is 1.76.